The molecule has 0 bridgehead atoms. The molecule has 3 rings (SSSR count). The van der Waals surface area contributed by atoms with E-state index in [4.69, 9.17) is 9.47 Å². The number of carbonyl (C=O) groups excluding carboxylic acids is 2. The van der Waals surface area contributed by atoms with Crippen LogP contribution in [0.1, 0.15) is 20.7 Å². The van der Waals surface area contributed by atoms with Crippen LogP contribution in [-0.2, 0) is 9.47 Å². The second-order valence-corrected chi connectivity index (χ2v) is 5.83. The topological polar surface area (TPSA) is 77.3 Å². The van der Waals surface area contributed by atoms with Crippen molar-refractivity contribution in [2.75, 3.05) is 14.2 Å². The van der Waals surface area contributed by atoms with E-state index in [1.807, 2.05) is 42.5 Å². The Morgan fingerprint density at radius 3 is 1.93 bits per heavy atom. The summed E-state index contributed by atoms with van der Waals surface area (Å²) in [7, 11) is 2.62. The standard InChI is InChI=1S/C22H18N2O4/c1-27-21(25)16-10-13-19(22(26)28-2)20(14-16)15-8-11-18(12-9-15)24-23-17-6-4-3-5-7-17/h3-14H,1-2H3. The van der Waals surface area contributed by atoms with Crippen molar-refractivity contribution < 1.29 is 19.1 Å². The van der Waals surface area contributed by atoms with Crippen LogP contribution in [0.3, 0.4) is 0 Å². The van der Waals surface area contributed by atoms with Crippen LogP contribution in [0.5, 0.6) is 0 Å². The van der Waals surface area contributed by atoms with Crippen molar-refractivity contribution in [3.63, 3.8) is 0 Å². The molecule has 0 saturated carbocycles. The van der Waals surface area contributed by atoms with Gasteiger partial charge >= 0.3 is 11.9 Å². The SMILES string of the molecule is COC(=O)c1ccc(C(=O)OC)c(-c2ccc(N=Nc3ccccc3)cc2)c1. The molecular formula is C22H18N2O4. The average Bonchev–Trinajstić information content (AvgIpc) is 2.77. The van der Waals surface area contributed by atoms with Gasteiger partial charge in [0.1, 0.15) is 0 Å². The number of ether oxygens (including phenoxy) is 2. The third kappa shape index (κ3) is 4.29. The number of esters is 2. The van der Waals surface area contributed by atoms with E-state index in [2.05, 4.69) is 10.2 Å². The second kappa shape index (κ2) is 8.73. The van der Waals surface area contributed by atoms with Crippen molar-refractivity contribution in [2.45, 2.75) is 0 Å². The van der Waals surface area contributed by atoms with Gasteiger partial charge in [-0.25, -0.2) is 9.59 Å². The van der Waals surface area contributed by atoms with E-state index in [1.54, 1.807) is 24.3 Å². The van der Waals surface area contributed by atoms with Crippen molar-refractivity contribution in [2.24, 2.45) is 10.2 Å². The van der Waals surface area contributed by atoms with Gasteiger partial charge in [0.25, 0.3) is 0 Å². The summed E-state index contributed by atoms with van der Waals surface area (Å²) >= 11 is 0. The minimum absolute atomic E-state index is 0.345. The molecular weight excluding hydrogens is 356 g/mol. The van der Waals surface area contributed by atoms with Crippen molar-refractivity contribution >= 4 is 23.3 Å². The summed E-state index contributed by atoms with van der Waals surface area (Å²) in [4.78, 5) is 24.0. The molecule has 0 heterocycles. The van der Waals surface area contributed by atoms with Crippen LogP contribution in [0, 0.1) is 0 Å². The van der Waals surface area contributed by atoms with E-state index >= 15 is 0 Å². The maximum absolute atomic E-state index is 12.1. The van der Waals surface area contributed by atoms with Crippen LogP contribution in [0.25, 0.3) is 11.1 Å². The predicted molar refractivity (Wildman–Crippen MR) is 105 cm³/mol. The fraction of sp³-hybridized carbons (Fsp3) is 0.0909. The number of nitrogens with zero attached hydrogens (tertiary/aromatic N) is 2. The summed E-state index contributed by atoms with van der Waals surface area (Å²) in [5.41, 5.74) is 3.43. The summed E-state index contributed by atoms with van der Waals surface area (Å²) in [6.45, 7) is 0. The van der Waals surface area contributed by atoms with Gasteiger partial charge in [-0.05, 0) is 53.6 Å². The zero-order chi connectivity index (χ0) is 19.9. The van der Waals surface area contributed by atoms with Gasteiger partial charge < -0.3 is 9.47 Å². The number of rotatable bonds is 5. The first-order valence-corrected chi connectivity index (χ1v) is 8.50. The van der Waals surface area contributed by atoms with E-state index in [0.717, 1.165) is 11.3 Å². The maximum Gasteiger partial charge on any atom is 0.338 e. The molecule has 0 amide bonds. The Kier molecular flexibility index (Phi) is 5.91. The molecule has 0 aliphatic rings. The molecule has 0 aromatic heterocycles. The highest BCUT2D eigenvalue weighted by Gasteiger charge is 2.16. The summed E-state index contributed by atoms with van der Waals surface area (Å²) in [6.07, 6.45) is 0. The zero-order valence-corrected chi connectivity index (χ0v) is 15.5. The fourth-order valence-electron chi connectivity index (χ4n) is 2.63. The van der Waals surface area contributed by atoms with E-state index in [-0.39, 0.29) is 0 Å². The largest absolute Gasteiger partial charge is 0.465 e. The van der Waals surface area contributed by atoms with E-state index in [1.165, 1.54) is 20.3 Å². The van der Waals surface area contributed by atoms with E-state index in [9.17, 15) is 9.59 Å². The van der Waals surface area contributed by atoms with Crippen LogP contribution in [0.15, 0.2) is 83.0 Å². The lowest BCUT2D eigenvalue weighted by Crippen LogP contribution is -2.07. The first-order chi connectivity index (χ1) is 13.6. The Morgan fingerprint density at radius 2 is 1.32 bits per heavy atom. The van der Waals surface area contributed by atoms with Crippen LogP contribution in [0.2, 0.25) is 0 Å². The lowest BCUT2D eigenvalue weighted by atomic mass is 9.97. The minimum Gasteiger partial charge on any atom is -0.465 e. The molecule has 0 spiro atoms. The first-order valence-electron chi connectivity index (χ1n) is 8.50. The zero-order valence-electron chi connectivity index (χ0n) is 15.5. The maximum atomic E-state index is 12.1. The smallest absolute Gasteiger partial charge is 0.338 e. The number of azo groups is 1. The normalized spacial score (nSPS) is 10.6. The van der Waals surface area contributed by atoms with Gasteiger partial charge in [0.05, 0.1) is 36.7 Å². The van der Waals surface area contributed by atoms with E-state index in [0.29, 0.717) is 22.4 Å². The second-order valence-electron chi connectivity index (χ2n) is 5.83. The molecule has 0 radical (unpaired) electrons. The molecule has 6 nitrogen and oxygen atoms in total. The lowest BCUT2D eigenvalue weighted by Gasteiger charge is -2.10. The molecule has 140 valence electrons. The molecule has 0 aliphatic heterocycles. The Morgan fingerprint density at radius 1 is 0.714 bits per heavy atom. The summed E-state index contributed by atoms with van der Waals surface area (Å²) in [5.74, 6) is -0.967. The summed E-state index contributed by atoms with van der Waals surface area (Å²) < 4.78 is 9.61. The molecule has 0 fully saturated rings. The summed E-state index contributed by atoms with van der Waals surface area (Å²) in [6, 6.07) is 21.3. The van der Waals surface area contributed by atoms with Gasteiger partial charge in [0, 0.05) is 0 Å². The van der Waals surface area contributed by atoms with Crippen molar-refractivity contribution in [1.82, 2.24) is 0 Å². The lowest BCUT2D eigenvalue weighted by molar-refractivity contribution is 0.0587. The molecule has 6 heteroatoms. The van der Waals surface area contributed by atoms with Crippen LogP contribution in [0.4, 0.5) is 11.4 Å². The predicted octanol–water partition coefficient (Wildman–Crippen LogP) is 5.34. The molecule has 0 saturated heterocycles. The number of carbonyl (C=O) groups is 2. The third-order valence-corrected chi connectivity index (χ3v) is 4.06. The summed E-state index contributed by atoms with van der Waals surface area (Å²) in [5, 5.41) is 8.38. The molecule has 0 atom stereocenters. The highest BCUT2D eigenvalue weighted by molar-refractivity contribution is 6.00. The number of hydrogen-bond acceptors (Lipinski definition) is 6. The van der Waals surface area contributed by atoms with Gasteiger partial charge in [-0.1, -0.05) is 30.3 Å². The first kappa shape index (κ1) is 19.0. The minimum atomic E-state index is -0.487. The van der Waals surface area contributed by atoms with Crippen molar-refractivity contribution in [3.05, 3.63) is 83.9 Å². The fourth-order valence-corrected chi connectivity index (χ4v) is 2.63. The van der Waals surface area contributed by atoms with Crippen LogP contribution < -0.4 is 0 Å². The molecule has 3 aromatic rings. The quantitative estimate of drug-likeness (QED) is 0.446. The Labute approximate surface area is 162 Å². The van der Waals surface area contributed by atoms with Crippen LogP contribution in [-0.4, -0.2) is 26.2 Å². The highest BCUT2D eigenvalue weighted by Crippen LogP contribution is 2.28. The van der Waals surface area contributed by atoms with Crippen molar-refractivity contribution in [1.29, 1.82) is 0 Å². The van der Waals surface area contributed by atoms with Crippen LogP contribution >= 0.6 is 0 Å². The monoisotopic (exact) mass is 374 g/mol. The van der Waals surface area contributed by atoms with Crippen molar-refractivity contribution in [3.8, 4) is 11.1 Å². The Bertz CT molecular complexity index is 1010. The molecule has 0 unspecified atom stereocenters. The van der Waals surface area contributed by atoms with E-state index < -0.39 is 11.9 Å². The molecule has 28 heavy (non-hydrogen) atoms. The number of methoxy groups -OCH3 is 2. The Balaban J connectivity index is 1.94. The number of hydrogen-bond donors (Lipinski definition) is 0. The molecule has 0 aliphatic carbocycles. The van der Waals surface area contributed by atoms with Gasteiger partial charge in [-0.2, -0.15) is 10.2 Å². The average molecular weight is 374 g/mol. The van der Waals surface area contributed by atoms with Gasteiger partial charge in [-0.15, -0.1) is 0 Å². The molecule has 0 N–H and O–H groups in total. The Hall–Kier alpha value is -3.80. The van der Waals surface area contributed by atoms with Gasteiger partial charge in [-0.3, -0.25) is 0 Å². The number of benzene rings is 3. The third-order valence-electron chi connectivity index (χ3n) is 4.06. The highest BCUT2D eigenvalue weighted by atomic mass is 16.5. The molecule has 3 aromatic carbocycles. The van der Waals surface area contributed by atoms with Gasteiger partial charge in [0.15, 0.2) is 0 Å². The van der Waals surface area contributed by atoms with Gasteiger partial charge in [0.2, 0.25) is 0 Å².